The first-order chi connectivity index (χ1) is 17.7. The summed E-state index contributed by atoms with van der Waals surface area (Å²) in [4.78, 5) is 11.9. The number of aliphatic hydroxyl groups excluding tert-OH is 1. The topological polar surface area (TPSA) is 77.0 Å². The van der Waals surface area contributed by atoms with Gasteiger partial charge in [-0.3, -0.25) is 0 Å². The molecule has 1 aliphatic rings. The molecule has 0 heterocycles. The summed E-state index contributed by atoms with van der Waals surface area (Å²) in [6.07, 6.45) is 5.46. The average molecular weight is 510 g/mol. The number of rotatable bonds is 14. The first kappa shape index (κ1) is 28.9. The monoisotopic (exact) mass is 509 g/mol. The van der Waals surface area contributed by atoms with Crippen LogP contribution in [0, 0.1) is 5.92 Å². The molecule has 2 atom stereocenters. The number of hydrogen-bond acceptors (Lipinski definition) is 6. The summed E-state index contributed by atoms with van der Waals surface area (Å²) in [5.74, 6) is 0.889. The predicted molar refractivity (Wildman–Crippen MR) is 148 cm³/mol. The molecule has 37 heavy (non-hydrogen) atoms. The number of fused-ring (bicyclic) bond motifs is 1. The Bertz CT molecular complexity index is 1020. The molecule has 2 N–H and O–H groups in total. The molecule has 2 aromatic carbocycles. The van der Waals surface area contributed by atoms with Crippen molar-refractivity contribution in [2.75, 3.05) is 26.4 Å². The third-order valence-electron chi connectivity index (χ3n) is 6.80. The SMILES string of the molecule is CCOC(=O)C=Cc1c(OCC)cccc1[C@@H](C)OC[C@H](O)CNC(C)(C)CC1Cc2ccccc2C1. The van der Waals surface area contributed by atoms with Gasteiger partial charge in [0.2, 0.25) is 0 Å². The van der Waals surface area contributed by atoms with Gasteiger partial charge in [-0.15, -0.1) is 0 Å². The molecule has 0 aromatic heterocycles. The second-order valence-corrected chi connectivity index (χ2v) is 10.4. The zero-order valence-corrected chi connectivity index (χ0v) is 23.0. The van der Waals surface area contributed by atoms with Crippen LogP contribution in [0.3, 0.4) is 0 Å². The molecular weight excluding hydrogens is 466 g/mol. The Morgan fingerprint density at radius 3 is 2.46 bits per heavy atom. The molecule has 202 valence electrons. The maximum Gasteiger partial charge on any atom is 0.330 e. The van der Waals surface area contributed by atoms with Crippen molar-refractivity contribution in [1.82, 2.24) is 5.32 Å². The lowest BCUT2D eigenvalue weighted by atomic mass is 9.88. The lowest BCUT2D eigenvalue weighted by molar-refractivity contribution is -0.137. The minimum atomic E-state index is -0.643. The van der Waals surface area contributed by atoms with Crippen molar-refractivity contribution in [3.63, 3.8) is 0 Å². The second-order valence-electron chi connectivity index (χ2n) is 10.4. The van der Waals surface area contributed by atoms with E-state index >= 15 is 0 Å². The number of carbonyl (C=O) groups excluding carboxylic acids is 1. The number of hydrogen-bond donors (Lipinski definition) is 2. The first-order valence-electron chi connectivity index (χ1n) is 13.4. The van der Waals surface area contributed by atoms with Crippen LogP contribution in [0.4, 0.5) is 0 Å². The fourth-order valence-corrected chi connectivity index (χ4v) is 5.10. The second kappa shape index (κ2) is 13.8. The van der Waals surface area contributed by atoms with Crippen LogP contribution in [0.2, 0.25) is 0 Å². The predicted octanol–water partition coefficient (Wildman–Crippen LogP) is 5.27. The number of aliphatic hydroxyl groups is 1. The number of carbonyl (C=O) groups is 1. The molecule has 3 rings (SSSR count). The Labute approximate surface area is 222 Å². The average Bonchev–Trinajstić information content (AvgIpc) is 3.27. The van der Waals surface area contributed by atoms with E-state index in [2.05, 4.69) is 43.4 Å². The highest BCUT2D eigenvalue weighted by atomic mass is 16.5. The van der Waals surface area contributed by atoms with Crippen LogP contribution in [0.15, 0.2) is 48.5 Å². The third kappa shape index (κ3) is 8.70. The van der Waals surface area contributed by atoms with E-state index in [1.165, 1.54) is 17.2 Å². The van der Waals surface area contributed by atoms with Crippen molar-refractivity contribution in [1.29, 1.82) is 0 Å². The molecule has 0 saturated heterocycles. The van der Waals surface area contributed by atoms with Crippen molar-refractivity contribution < 1.29 is 24.1 Å². The lowest BCUT2D eigenvalue weighted by Crippen LogP contribution is -2.45. The van der Waals surface area contributed by atoms with Crippen molar-refractivity contribution in [2.45, 2.75) is 71.6 Å². The van der Waals surface area contributed by atoms with Gasteiger partial charge in [0.1, 0.15) is 5.75 Å². The molecule has 0 bridgehead atoms. The molecule has 0 spiro atoms. The van der Waals surface area contributed by atoms with Crippen molar-refractivity contribution in [3.8, 4) is 5.75 Å². The third-order valence-corrected chi connectivity index (χ3v) is 6.80. The van der Waals surface area contributed by atoms with Gasteiger partial charge in [0, 0.05) is 23.7 Å². The fraction of sp³-hybridized carbons (Fsp3) is 0.516. The molecule has 0 aliphatic heterocycles. The molecule has 6 nitrogen and oxygen atoms in total. The van der Waals surface area contributed by atoms with Gasteiger partial charge in [-0.05, 0) is 88.6 Å². The smallest absolute Gasteiger partial charge is 0.330 e. The van der Waals surface area contributed by atoms with Gasteiger partial charge in [0.25, 0.3) is 0 Å². The molecule has 0 unspecified atom stereocenters. The number of nitrogens with one attached hydrogen (secondary N) is 1. The van der Waals surface area contributed by atoms with E-state index < -0.39 is 12.1 Å². The highest BCUT2D eigenvalue weighted by Gasteiger charge is 2.28. The summed E-state index contributed by atoms with van der Waals surface area (Å²) in [5.41, 5.74) is 4.51. The van der Waals surface area contributed by atoms with Crippen molar-refractivity contribution >= 4 is 12.0 Å². The molecule has 0 amide bonds. The standard InChI is InChI=1S/C31H43NO5/c1-6-35-29-14-10-13-27(28(29)15-16-30(34)36-7-2)22(3)37-21-26(33)20-32-31(4,5)19-23-17-24-11-8-9-12-25(24)18-23/h8-16,22-23,26,32-33H,6-7,17-21H2,1-5H3/t22-,26-/m1/s1. The van der Waals surface area contributed by atoms with Crippen LogP contribution in [-0.4, -0.2) is 49.1 Å². The summed E-state index contributed by atoms with van der Waals surface area (Å²) < 4.78 is 16.9. The number of ether oxygens (including phenoxy) is 3. The Balaban J connectivity index is 1.53. The summed E-state index contributed by atoms with van der Waals surface area (Å²) in [6.45, 7) is 11.5. The van der Waals surface area contributed by atoms with E-state index in [0.717, 1.165) is 30.4 Å². The number of β-amino-alcohol motifs (C(OH)–C–C–N with tert-alkyl or cyclic N) is 1. The van der Waals surface area contributed by atoms with E-state index in [-0.39, 0.29) is 18.2 Å². The van der Waals surface area contributed by atoms with Gasteiger partial charge >= 0.3 is 5.97 Å². The van der Waals surface area contributed by atoms with E-state index in [1.54, 1.807) is 13.0 Å². The van der Waals surface area contributed by atoms with Crippen LogP contribution in [-0.2, 0) is 27.1 Å². The van der Waals surface area contributed by atoms with Gasteiger partial charge in [0.05, 0.1) is 32.0 Å². The van der Waals surface area contributed by atoms with Gasteiger partial charge in [-0.2, -0.15) is 0 Å². The van der Waals surface area contributed by atoms with E-state index in [4.69, 9.17) is 14.2 Å². The quantitative estimate of drug-likeness (QED) is 0.267. The van der Waals surface area contributed by atoms with Gasteiger partial charge < -0.3 is 24.6 Å². The van der Waals surface area contributed by atoms with Crippen molar-refractivity contribution in [2.24, 2.45) is 5.92 Å². The summed E-state index contributed by atoms with van der Waals surface area (Å²) in [5, 5.41) is 14.2. The zero-order chi connectivity index (χ0) is 26.8. The van der Waals surface area contributed by atoms with Crippen molar-refractivity contribution in [3.05, 3.63) is 70.8 Å². The molecule has 0 saturated carbocycles. The Kier molecular flexibility index (Phi) is 10.7. The minimum absolute atomic E-state index is 0.0871. The largest absolute Gasteiger partial charge is 0.493 e. The molecule has 1 aliphatic carbocycles. The van der Waals surface area contributed by atoms with Crippen LogP contribution in [0.1, 0.15) is 69.4 Å². The maximum absolute atomic E-state index is 11.9. The maximum atomic E-state index is 11.9. The van der Waals surface area contributed by atoms with Crippen LogP contribution >= 0.6 is 0 Å². The van der Waals surface area contributed by atoms with Gasteiger partial charge in [-0.25, -0.2) is 4.79 Å². The van der Waals surface area contributed by atoms with Crippen LogP contribution in [0.25, 0.3) is 6.08 Å². The van der Waals surface area contributed by atoms with Gasteiger partial charge in [0.15, 0.2) is 0 Å². The minimum Gasteiger partial charge on any atom is -0.493 e. The van der Waals surface area contributed by atoms with Gasteiger partial charge in [-0.1, -0.05) is 36.4 Å². The Hall–Kier alpha value is -2.67. The summed E-state index contributed by atoms with van der Waals surface area (Å²) in [7, 11) is 0. The Morgan fingerprint density at radius 2 is 1.81 bits per heavy atom. The Morgan fingerprint density at radius 1 is 1.11 bits per heavy atom. The highest BCUT2D eigenvalue weighted by molar-refractivity contribution is 5.88. The highest BCUT2D eigenvalue weighted by Crippen LogP contribution is 2.32. The lowest BCUT2D eigenvalue weighted by Gasteiger charge is -2.31. The first-order valence-corrected chi connectivity index (χ1v) is 13.4. The molecule has 0 radical (unpaired) electrons. The fourth-order valence-electron chi connectivity index (χ4n) is 5.10. The zero-order valence-electron chi connectivity index (χ0n) is 23.0. The molecule has 6 heteroatoms. The molecule has 2 aromatic rings. The molecule has 0 fully saturated rings. The summed E-state index contributed by atoms with van der Waals surface area (Å²) in [6, 6.07) is 14.4. The van der Waals surface area contributed by atoms with Crippen LogP contribution in [0.5, 0.6) is 5.75 Å². The van der Waals surface area contributed by atoms with E-state index in [1.807, 2.05) is 32.0 Å². The molecular formula is C31H43NO5. The number of benzene rings is 2. The normalized spacial score (nSPS) is 15.5. The number of esters is 1. The van der Waals surface area contributed by atoms with E-state index in [9.17, 15) is 9.90 Å². The van der Waals surface area contributed by atoms with Crippen LogP contribution < -0.4 is 10.1 Å². The van der Waals surface area contributed by atoms with E-state index in [0.29, 0.717) is 31.4 Å². The summed E-state index contributed by atoms with van der Waals surface area (Å²) >= 11 is 0.